The van der Waals surface area contributed by atoms with E-state index in [1.807, 2.05) is 38.1 Å². The molecule has 0 saturated carbocycles. The average molecular weight is 974 g/mol. The zero-order valence-corrected chi connectivity index (χ0v) is 39.6. The molecule has 3 aliphatic heterocycles. The summed E-state index contributed by atoms with van der Waals surface area (Å²) in [6, 6.07) is 14.4. The van der Waals surface area contributed by atoms with Crippen LogP contribution in [0, 0.1) is 13.8 Å². The molecular weight excluding hydrogens is 926 g/mol. The van der Waals surface area contributed by atoms with Crippen molar-refractivity contribution >= 4 is 56.3 Å². The van der Waals surface area contributed by atoms with Gasteiger partial charge < -0.3 is 33.7 Å². The summed E-state index contributed by atoms with van der Waals surface area (Å²) in [4.78, 5) is 37.4. The van der Waals surface area contributed by atoms with Gasteiger partial charge in [0.15, 0.2) is 11.6 Å². The number of hydrogen-bond acceptors (Lipinski definition) is 13. The first-order valence-corrected chi connectivity index (χ1v) is 23.5. The van der Waals surface area contributed by atoms with Crippen LogP contribution in [0.3, 0.4) is 0 Å². The molecule has 4 aliphatic rings. The molecule has 3 aromatic carbocycles. The van der Waals surface area contributed by atoms with E-state index >= 15 is 0 Å². The molecular formula is C49H48Cl2F2N6O7S. The molecule has 6 heterocycles. The third-order valence-electron chi connectivity index (χ3n) is 12.4. The Balaban J connectivity index is 1.16. The van der Waals surface area contributed by atoms with Gasteiger partial charge in [0.2, 0.25) is 12.0 Å². The number of carboxylic acid groups (broad SMARTS) is 1. The number of hydrogen-bond donors (Lipinski definition) is 1. The van der Waals surface area contributed by atoms with Crippen molar-refractivity contribution < 1.29 is 42.4 Å². The zero-order valence-electron chi connectivity index (χ0n) is 37.3. The van der Waals surface area contributed by atoms with E-state index in [2.05, 4.69) is 31.8 Å². The molecule has 350 valence electrons. The van der Waals surface area contributed by atoms with Crippen LogP contribution in [-0.4, -0.2) is 112 Å². The lowest BCUT2D eigenvalue weighted by Gasteiger charge is -2.35. The number of likely N-dealkylation sites (N-methyl/N-ethyl adjacent to an activating group) is 1. The summed E-state index contributed by atoms with van der Waals surface area (Å²) in [6.45, 7) is 7.69. The summed E-state index contributed by atoms with van der Waals surface area (Å²) in [5.41, 5.74) is 4.85. The predicted molar refractivity (Wildman–Crippen MR) is 254 cm³/mol. The highest BCUT2D eigenvalue weighted by Crippen LogP contribution is 2.53. The maximum atomic E-state index is 14.6. The molecule has 0 amide bonds. The highest BCUT2D eigenvalue weighted by atomic mass is 35.5. The number of carboxylic acids is 1. The van der Waals surface area contributed by atoms with Crippen LogP contribution in [0.4, 0.5) is 8.78 Å². The lowest BCUT2D eigenvalue weighted by atomic mass is 9.88. The van der Waals surface area contributed by atoms with Gasteiger partial charge >= 0.3 is 5.97 Å². The maximum absolute atomic E-state index is 14.6. The van der Waals surface area contributed by atoms with Gasteiger partial charge in [0.05, 0.1) is 33.8 Å². The third kappa shape index (κ3) is 9.86. The molecule has 6 aromatic rings. The van der Waals surface area contributed by atoms with Crippen LogP contribution in [0.25, 0.3) is 38.3 Å². The van der Waals surface area contributed by atoms with E-state index in [9.17, 15) is 18.7 Å². The minimum absolute atomic E-state index is 0.0145. The molecule has 1 fully saturated rings. The number of aliphatic carboxylic acids is 1. The molecule has 13 nitrogen and oxygen atoms in total. The first kappa shape index (κ1) is 46.5. The summed E-state index contributed by atoms with van der Waals surface area (Å²) in [7, 11) is 3.67. The normalized spacial score (nSPS) is 18.9. The van der Waals surface area contributed by atoms with E-state index in [1.165, 1.54) is 17.7 Å². The number of benzene rings is 3. The maximum Gasteiger partial charge on any atom is 0.345 e. The number of piperazine rings is 1. The largest absolute Gasteiger partial charge is 0.496 e. The van der Waals surface area contributed by atoms with Crippen molar-refractivity contribution in [2.45, 2.75) is 64.3 Å². The Morgan fingerprint density at radius 2 is 1.76 bits per heavy atom. The first-order chi connectivity index (χ1) is 32.3. The van der Waals surface area contributed by atoms with E-state index in [-0.39, 0.29) is 54.2 Å². The number of alkyl halides is 2. The minimum Gasteiger partial charge on any atom is -0.496 e. The van der Waals surface area contributed by atoms with Crippen LogP contribution in [0.5, 0.6) is 28.9 Å². The summed E-state index contributed by atoms with van der Waals surface area (Å²) < 4.78 is 61.0. The highest BCUT2D eigenvalue weighted by Gasteiger charge is 2.36. The molecule has 2 atom stereocenters. The molecule has 67 heavy (non-hydrogen) atoms. The quantitative estimate of drug-likeness (QED) is 0.147. The van der Waals surface area contributed by atoms with E-state index in [0.29, 0.717) is 89.4 Å². The molecule has 1 N–H and O–H groups in total. The number of ether oxygens (including phenoxy) is 5. The van der Waals surface area contributed by atoms with Crippen molar-refractivity contribution in [2.24, 2.45) is 0 Å². The molecule has 10 rings (SSSR count). The van der Waals surface area contributed by atoms with Gasteiger partial charge in [-0.15, -0.1) is 11.3 Å². The fraction of sp³-hybridized carbons (Fsp3) is 0.367. The second-order valence-corrected chi connectivity index (χ2v) is 18.7. The Bertz CT molecular complexity index is 2850. The van der Waals surface area contributed by atoms with E-state index in [4.69, 9.17) is 51.9 Å². The number of aromatic nitrogens is 4. The molecule has 1 saturated heterocycles. The molecule has 0 unspecified atom stereocenters. The number of nitrogens with zero attached hydrogens (tertiary/aromatic N) is 6. The summed E-state index contributed by atoms with van der Waals surface area (Å²) in [6.07, 6.45) is 1.58. The fourth-order valence-electron chi connectivity index (χ4n) is 8.72. The SMILES string of the molecule is COc1ccccc1-c1nccc(COc2ccc3cc2C[C@H](C(=O)O)Oc2ncnc4sc(C5=CCC(F)(F)CC5)c(c24)-c2c(C)c(Cl)c(c(Cl)c2C)O[C@H](CN2CCN(C)CC2)CO3)n1. The number of rotatable bonds is 9. The van der Waals surface area contributed by atoms with Crippen LogP contribution in [-0.2, 0) is 17.8 Å². The summed E-state index contributed by atoms with van der Waals surface area (Å²) >= 11 is 15.9. The third-order valence-corrected chi connectivity index (χ3v) is 14.5. The zero-order chi connectivity index (χ0) is 47.0. The van der Waals surface area contributed by atoms with Crippen LogP contribution in [0.2, 0.25) is 10.0 Å². The summed E-state index contributed by atoms with van der Waals surface area (Å²) in [5, 5.41) is 11.8. The van der Waals surface area contributed by atoms with Crippen LogP contribution in [0.15, 0.2) is 67.1 Å². The van der Waals surface area contributed by atoms with Crippen molar-refractivity contribution in [3.63, 3.8) is 0 Å². The fourth-order valence-corrected chi connectivity index (χ4v) is 10.4. The molecule has 0 spiro atoms. The summed E-state index contributed by atoms with van der Waals surface area (Å²) in [5.74, 6) is -1.96. The van der Waals surface area contributed by atoms with Gasteiger partial charge in [-0.3, -0.25) is 4.90 Å². The number of methoxy groups -OCH3 is 1. The predicted octanol–water partition coefficient (Wildman–Crippen LogP) is 9.99. The Hall–Kier alpha value is -5.65. The van der Waals surface area contributed by atoms with Gasteiger partial charge in [0.25, 0.3) is 5.92 Å². The number of carbonyl (C=O) groups is 1. The number of allylic oxidation sites excluding steroid dienone is 2. The van der Waals surface area contributed by atoms with Crippen molar-refractivity contribution in [3.05, 3.63) is 104 Å². The van der Waals surface area contributed by atoms with Crippen molar-refractivity contribution in [3.8, 4) is 51.4 Å². The monoisotopic (exact) mass is 972 g/mol. The van der Waals surface area contributed by atoms with E-state index < -0.39 is 30.5 Å². The topological polar surface area (TPSA) is 141 Å². The Kier molecular flexibility index (Phi) is 13.5. The lowest BCUT2D eigenvalue weighted by Crippen LogP contribution is -2.49. The molecule has 18 heteroatoms. The lowest BCUT2D eigenvalue weighted by molar-refractivity contribution is -0.145. The van der Waals surface area contributed by atoms with Crippen molar-refractivity contribution in [2.75, 3.05) is 53.5 Å². The molecule has 4 bridgehead atoms. The minimum atomic E-state index is -2.84. The van der Waals surface area contributed by atoms with E-state index in [1.54, 1.807) is 43.6 Å². The molecule has 0 radical (unpaired) electrons. The number of para-hydroxylation sites is 1. The van der Waals surface area contributed by atoms with Crippen LogP contribution >= 0.6 is 34.5 Å². The Morgan fingerprint density at radius 3 is 2.49 bits per heavy atom. The molecule has 1 aliphatic carbocycles. The second-order valence-electron chi connectivity index (χ2n) is 17.0. The second kappa shape index (κ2) is 19.5. The Morgan fingerprint density at radius 1 is 0.985 bits per heavy atom. The van der Waals surface area contributed by atoms with Gasteiger partial charge in [-0.2, -0.15) is 0 Å². The highest BCUT2D eigenvalue weighted by molar-refractivity contribution is 7.20. The van der Waals surface area contributed by atoms with Gasteiger partial charge in [-0.25, -0.2) is 33.5 Å². The van der Waals surface area contributed by atoms with Gasteiger partial charge in [-0.1, -0.05) is 41.4 Å². The van der Waals surface area contributed by atoms with Crippen molar-refractivity contribution in [1.82, 2.24) is 29.7 Å². The number of thiophene rings is 1. The van der Waals surface area contributed by atoms with Crippen molar-refractivity contribution in [1.29, 1.82) is 0 Å². The smallest absolute Gasteiger partial charge is 0.345 e. The van der Waals surface area contributed by atoms with Crippen LogP contribution in [0.1, 0.15) is 46.5 Å². The molecule has 3 aromatic heterocycles. The standard InChI is InChI=1S/C49H48Cl2F2N6O7S/c1-27-38-28(2)42(51)43(41(27)50)65-33(23-59-19-17-58(3)18-20-59)25-63-32-9-10-35(64-24-31-13-16-54-45(57-31)34-7-5-6-8-36(34)62-4)30(21-32)22-37(48(60)61)66-46-40-39(38)44(67-47(40)56-26-55-46)29-11-14-49(52,53)15-12-29/h5-11,13,16,21,26,33,37H,12,14-15,17-20,22-25H2,1-4H3,(H,60,61)/t33-,37-/m1/s1. The van der Waals surface area contributed by atoms with E-state index in [0.717, 1.165) is 26.2 Å². The van der Waals surface area contributed by atoms with Gasteiger partial charge in [-0.05, 0) is 86.0 Å². The number of fused-ring (bicyclic) bond motifs is 7. The number of halogens is 4. The average Bonchev–Trinajstić information content (AvgIpc) is 3.71. The first-order valence-electron chi connectivity index (χ1n) is 21.9. The van der Waals surface area contributed by atoms with Gasteiger partial charge in [0, 0.05) is 74.2 Å². The van der Waals surface area contributed by atoms with Gasteiger partial charge in [0.1, 0.15) is 47.7 Å². The Labute approximate surface area is 400 Å². The van der Waals surface area contributed by atoms with Crippen LogP contribution < -0.4 is 23.7 Å².